The summed E-state index contributed by atoms with van der Waals surface area (Å²) in [7, 11) is 0. The fraction of sp³-hybridized carbons (Fsp3) is 0.909. The SMILES string of the molecule is CC1CC(N)(CC(=O)OC(C)(C)C)CO1. The van der Waals surface area contributed by atoms with Gasteiger partial charge in [-0.05, 0) is 34.1 Å². The largest absolute Gasteiger partial charge is 0.460 e. The summed E-state index contributed by atoms with van der Waals surface area (Å²) >= 11 is 0. The lowest BCUT2D eigenvalue weighted by molar-refractivity contribution is -0.156. The van der Waals surface area contributed by atoms with E-state index in [1.165, 1.54) is 0 Å². The smallest absolute Gasteiger partial charge is 0.308 e. The number of nitrogens with two attached hydrogens (primary N) is 1. The van der Waals surface area contributed by atoms with Crippen molar-refractivity contribution in [2.24, 2.45) is 5.73 Å². The molecule has 0 aromatic rings. The molecule has 1 saturated heterocycles. The Morgan fingerprint density at radius 1 is 1.60 bits per heavy atom. The van der Waals surface area contributed by atoms with Crippen molar-refractivity contribution in [1.29, 1.82) is 0 Å². The van der Waals surface area contributed by atoms with Crippen LogP contribution in [-0.4, -0.2) is 29.8 Å². The van der Waals surface area contributed by atoms with Gasteiger partial charge in [0, 0.05) is 0 Å². The average molecular weight is 215 g/mol. The van der Waals surface area contributed by atoms with Gasteiger partial charge in [0.1, 0.15) is 5.60 Å². The van der Waals surface area contributed by atoms with E-state index in [2.05, 4.69) is 0 Å². The Morgan fingerprint density at radius 2 is 2.20 bits per heavy atom. The molecule has 1 aliphatic rings. The van der Waals surface area contributed by atoms with Gasteiger partial charge in [-0.15, -0.1) is 0 Å². The zero-order valence-electron chi connectivity index (χ0n) is 10.0. The van der Waals surface area contributed by atoms with Crippen molar-refractivity contribution in [1.82, 2.24) is 0 Å². The third kappa shape index (κ3) is 4.18. The molecule has 2 atom stereocenters. The Bertz CT molecular complexity index is 247. The Labute approximate surface area is 91.1 Å². The van der Waals surface area contributed by atoms with Gasteiger partial charge in [-0.2, -0.15) is 0 Å². The van der Waals surface area contributed by atoms with E-state index in [1.54, 1.807) is 0 Å². The van der Waals surface area contributed by atoms with E-state index < -0.39 is 11.1 Å². The number of carbonyl (C=O) groups excluding carboxylic acids is 1. The second-order valence-corrected chi connectivity index (χ2v) is 5.45. The molecule has 0 bridgehead atoms. The summed E-state index contributed by atoms with van der Waals surface area (Å²) in [5, 5.41) is 0. The van der Waals surface area contributed by atoms with Crippen molar-refractivity contribution in [3.63, 3.8) is 0 Å². The summed E-state index contributed by atoms with van der Waals surface area (Å²) in [4.78, 5) is 11.6. The van der Waals surface area contributed by atoms with Crippen LogP contribution in [0, 0.1) is 0 Å². The molecular formula is C11H21NO3. The topological polar surface area (TPSA) is 61.6 Å². The maximum atomic E-state index is 11.6. The third-order valence-corrected chi connectivity index (χ3v) is 2.27. The molecule has 4 nitrogen and oxygen atoms in total. The molecule has 1 aliphatic heterocycles. The lowest BCUT2D eigenvalue weighted by Crippen LogP contribution is -2.44. The molecule has 0 aromatic heterocycles. The maximum absolute atomic E-state index is 11.6. The van der Waals surface area contributed by atoms with E-state index in [0.717, 1.165) is 0 Å². The molecule has 0 aromatic carbocycles. The maximum Gasteiger partial charge on any atom is 0.308 e. The molecule has 4 heteroatoms. The summed E-state index contributed by atoms with van der Waals surface area (Å²) in [6, 6.07) is 0. The normalized spacial score (nSPS) is 31.7. The van der Waals surface area contributed by atoms with Crippen LogP contribution in [0.5, 0.6) is 0 Å². The number of hydrogen-bond donors (Lipinski definition) is 1. The second-order valence-electron chi connectivity index (χ2n) is 5.45. The Kier molecular flexibility index (Phi) is 3.41. The van der Waals surface area contributed by atoms with Gasteiger partial charge in [-0.3, -0.25) is 4.79 Å². The summed E-state index contributed by atoms with van der Waals surface area (Å²) in [5.74, 6) is -0.247. The van der Waals surface area contributed by atoms with Crippen LogP contribution < -0.4 is 5.73 Å². The van der Waals surface area contributed by atoms with Gasteiger partial charge in [0.05, 0.1) is 24.7 Å². The Hall–Kier alpha value is -0.610. The Morgan fingerprint density at radius 3 is 2.60 bits per heavy atom. The van der Waals surface area contributed by atoms with Crippen LogP contribution in [0.2, 0.25) is 0 Å². The zero-order chi connectivity index (χ0) is 11.7. The van der Waals surface area contributed by atoms with Gasteiger partial charge < -0.3 is 15.2 Å². The molecule has 2 N–H and O–H groups in total. The number of carbonyl (C=O) groups is 1. The zero-order valence-corrected chi connectivity index (χ0v) is 10.0. The van der Waals surface area contributed by atoms with Crippen LogP contribution in [0.1, 0.15) is 40.5 Å². The highest BCUT2D eigenvalue weighted by Crippen LogP contribution is 2.25. The lowest BCUT2D eigenvalue weighted by atomic mass is 9.93. The van der Waals surface area contributed by atoms with E-state index in [1.807, 2.05) is 27.7 Å². The predicted octanol–water partition coefficient (Wildman–Crippen LogP) is 1.22. The first kappa shape index (κ1) is 12.5. The molecular weight excluding hydrogens is 194 g/mol. The standard InChI is InChI=1S/C11H21NO3/c1-8-5-11(12,7-14-8)6-9(13)15-10(2,3)4/h8H,5-7,12H2,1-4H3. The van der Waals surface area contributed by atoms with E-state index >= 15 is 0 Å². The highest BCUT2D eigenvalue weighted by atomic mass is 16.6. The van der Waals surface area contributed by atoms with Gasteiger partial charge in [-0.25, -0.2) is 0 Å². The first-order valence-corrected chi connectivity index (χ1v) is 5.33. The van der Waals surface area contributed by atoms with Crippen LogP contribution in [0.25, 0.3) is 0 Å². The van der Waals surface area contributed by atoms with Crippen LogP contribution in [0.4, 0.5) is 0 Å². The van der Waals surface area contributed by atoms with Gasteiger partial charge in [0.2, 0.25) is 0 Å². The molecule has 0 saturated carbocycles. The van der Waals surface area contributed by atoms with Crippen molar-refractivity contribution >= 4 is 5.97 Å². The monoisotopic (exact) mass is 215 g/mol. The van der Waals surface area contributed by atoms with E-state index in [9.17, 15) is 4.79 Å². The lowest BCUT2D eigenvalue weighted by Gasteiger charge is -2.25. The fourth-order valence-corrected chi connectivity index (χ4v) is 1.79. The van der Waals surface area contributed by atoms with Crippen molar-refractivity contribution in [3.8, 4) is 0 Å². The molecule has 2 unspecified atom stereocenters. The van der Waals surface area contributed by atoms with Gasteiger partial charge in [-0.1, -0.05) is 0 Å². The van der Waals surface area contributed by atoms with Gasteiger partial charge in [0.15, 0.2) is 0 Å². The predicted molar refractivity (Wildman–Crippen MR) is 57.4 cm³/mol. The third-order valence-electron chi connectivity index (χ3n) is 2.27. The average Bonchev–Trinajstić information content (AvgIpc) is 2.25. The van der Waals surface area contributed by atoms with E-state index in [-0.39, 0.29) is 18.5 Å². The first-order chi connectivity index (χ1) is 6.70. The number of hydrogen-bond acceptors (Lipinski definition) is 4. The second kappa shape index (κ2) is 4.10. The minimum atomic E-state index is -0.540. The van der Waals surface area contributed by atoms with Crippen molar-refractivity contribution in [2.45, 2.75) is 57.8 Å². The molecule has 0 amide bonds. The fourth-order valence-electron chi connectivity index (χ4n) is 1.79. The first-order valence-electron chi connectivity index (χ1n) is 5.33. The van der Waals surface area contributed by atoms with Crippen LogP contribution in [0.3, 0.4) is 0 Å². The van der Waals surface area contributed by atoms with Gasteiger partial charge in [0.25, 0.3) is 0 Å². The minimum absolute atomic E-state index is 0.137. The highest BCUT2D eigenvalue weighted by molar-refractivity contribution is 5.71. The molecule has 15 heavy (non-hydrogen) atoms. The minimum Gasteiger partial charge on any atom is -0.460 e. The molecule has 0 radical (unpaired) electrons. The number of esters is 1. The van der Waals surface area contributed by atoms with E-state index in [0.29, 0.717) is 13.0 Å². The highest BCUT2D eigenvalue weighted by Gasteiger charge is 2.37. The quantitative estimate of drug-likeness (QED) is 0.704. The van der Waals surface area contributed by atoms with Crippen molar-refractivity contribution < 1.29 is 14.3 Å². The molecule has 88 valence electrons. The summed E-state index contributed by atoms with van der Waals surface area (Å²) < 4.78 is 10.6. The molecule has 1 rings (SSSR count). The van der Waals surface area contributed by atoms with Crippen LogP contribution >= 0.6 is 0 Å². The summed E-state index contributed by atoms with van der Waals surface area (Å²) in [5.41, 5.74) is 5.06. The van der Waals surface area contributed by atoms with Gasteiger partial charge >= 0.3 is 5.97 Å². The molecule has 0 aliphatic carbocycles. The molecule has 0 spiro atoms. The molecule has 1 heterocycles. The molecule has 1 fully saturated rings. The number of rotatable bonds is 2. The van der Waals surface area contributed by atoms with Crippen molar-refractivity contribution in [3.05, 3.63) is 0 Å². The van der Waals surface area contributed by atoms with Crippen molar-refractivity contribution in [2.75, 3.05) is 6.61 Å². The van der Waals surface area contributed by atoms with E-state index in [4.69, 9.17) is 15.2 Å². The van der Waals surface area contributed by atoms with Crippen LogP contribution in [-0.2, 0) is 14.3 Å². The summed E-state index contributed by atoms with van der Waals surface area (Å²) in [6.45, 7) is 7.95. The summed E-state index contributed by atoms with van der Waals surface area (Å²) in [6.07, 6.45) is 1.08. The number of ether oxygens (including phenoxy) is 2. The van der Waals surface area contributed by atoms with Crippen LogP contribution in [0.15, 0.2) is 0 Å². The Balaban J connectivity index is 2.45.